The number of nitrogens with zero attached hydrogens (tertiary/aromatic N) is 4. The molecule has 0 N–H and O–H groups in total. The first kappa shape index (κ1) is 10.1. The molecule has 0 unspecified atom stereocenters. The van der Waals surface area contributed by atoms with Crippen molar-refractivity contribution in [3.63, 3.8) is 0 Å². The third-order valence-electron chi connectivity index (χ3n) is 1.62. The molecule has 1 rings (SSSR count). The van der Waals surface area contributed by atoms with Crippen molar-refractivity contribution in [2.24, 2.45) is 0 Å². The van der Waals surface area contributed by atoms with Crippen LogP contribution in [0.3, 0.4) is 0 Å². The Morgan fingerprint density at radius 3 is 2.54 bits per heavy atom. The molecule has 0 aliphatic carbocycles. The average molecular weight is 184 g/mol. The predicted molar refractivity (Wildman–Crippen MR) is 48.4 cm³/mol. The maximum atomic E-state index is 4.91. The van der Waals surface area contributed by atoms with Crippen molar-refractivity contribution in [3.8, 4) is 0 Å². The highest BCUT2D eigenvalue weighted by atomic mass is 16.5. The van der Waals surface area contributed by atoms with Crippen LogP contribution in [0, 0.1) is 0 Å². The van der Waals surface area contributed by atoms with Crippen molar-refractivity contribution in [3.05, 3.63) is 5.82 Å². The van der Waals surface area contributed by atoms with E-state index < -0.39 is 0 Å². The average Bonchev–Trinajstić information content (AvgIpc) is 2.47. The van der Waals surface area contributed by atoms with E-state index in [4.69, 9.17) is 4.74 Å². The number of hydrogen-bond acceptors (Lipinski definition) is 4. The lowest BCUT2D eigenvalue weighted by molar-refractivity contribution is 0.178. The van der Waals surface area contributed by atoms with Crippen LogP contribution >= 0.6 is 0 Å². The maximum Gasteiger partial charge on any atom is 0.180 e. The highest BCUT2D eigenvalue weighted by molar-refractivity contribution is 4.95. The number of aromatic nitrogens is 4. The van der Waals surface area contributed by atoms with Gasteiger partial charge in [-0.1, -0.05) is 20.8 Å². The van der Waals surface area contributed by atoms with Gasteiger partial charge in [-0.05, 0) is 5.21 Å². The molecular weight excluding hydrogens is 168 g/mol. The van der Waals surface area contributed by atoms with Gasteiger partial charge in [-0.3, -0.25) is 0 Å². The van der Waals surface area contributed by atoms with Crippen LogP contribution in [0.25, 0.3) is 0 Å². The second-order valence-corrected chi connectivity index (χ2v) is 3.95. The number of ether oxygens (including phenoxy) is 1. The van der Waals surface area contributed by atoms with Crippen LogP contribution in [0.1, 0.15) is 26.6 Å². The molecule has 0 aromatic carbocycles. The van der Waals surface area contributed by atoms with Crippen LogP contribution in [0.5, 0.6) is 0 Å². The molecule has 74 valence electrons. The summed E-state index contributed by atoms with van der Waals surface area (Å²) in [6.07, 6.45) is 0. The van der Waals surface area contributed by atoms with E-state index in [0.29, 0.717) is 13.2 Å². The molecule has 0 fully saturated rings. The fourth-order valence-corrected chi connectivity index (χ4v) is 0.811. The molecule has 5 heteroatoms. The molecule has 0 radical (unpaired) electrons. The van der Waals surface area contributed by atoms with Gasteiger partial charge in [0, 0.05) is 12.5 Å². The van der Waals surface area contributed by atoms with E-state index in [2.05, 4.69) is 36.2 Å². The summed E-state index contributed by atoms with van der Waals surface area (Å²) < 4.78 is 4.91. The van der Waals surface area contributed by atoms with Crippen LogP contribution < -0.4 is 0 Å². The number of hydrogen-bond donors (Lipinski definition) is 0. The Kier molecular flexibility index (Phi) is 2.98. The van der Waals surface area contributed by atoms with Gasteiger partial charge in [0.25, 0.3) is 0 Å². The van der Waals surface area contributed by atoms with Gasteiger partial charge in [-0.2, -0.15) is 4.80 Å². The molecule has 0 saturated heterocycles. The third kappa shape index (κ3) is 2.77. The van der Waals surface area contributed by atoms with Crippen molar-refractivity contribution in [2.45, 2.75) is 32.7 Å². The van der Waals surface area contributed by atoms with Crippen molar-refractivity contribution in [1.29, 1.82) is 0 Å². The van der Waals surface area contributed by atoms with Crippen LogP contribution in [0.15, 0.2) is 0 Å². The van der Waals surface area contributed by atoms with Gasteiger partial charge in [0.15, 0.2) is 5.82 Å². The molecule has 0 aliphatic heterocycles. The maximum absolute atomic E-state index is 4.91. The molecule has 0 spiro atoms. The predicted octanol–water partition coefficient (Wildman–Crippen LogP) is 0.617. The van der Waals surface area contributed by atoms with Crippen LogP contribution in [-0.2, 0) is 16.7 Å². The number of rotatable bonds is 3. The second-order valence-electron chi connectivity index (χ2n) is 3.95. The van der Waals surface area contributed by atoms with E-state index in [1.807, 2.05) is 0 Å². The van der Waals surface area contributed by atoms with Gasteiger partial charge >= 0.3 is 0 Å². The number of tetrazole rings is 1. The van der Waals surface area contributed by atoms with Gasteiger partial charge in [0.2, 0.25) is 0 Å². The largest absolute Gasteiger partial charge is 0.383 e. The zero-order valence-electron chi connectivity index (χ0n) is 8.61. The first-order chi connectivity index (χ1) is 6.04. The van der Waals surface area contributed by atoms with Gasteiger partial charge in [-0.25, -0.2) is 0 Å². The monoisotopic (exact) mass is 184 g/mol. The lowest BCUT2D eigenvalue weighted by Gasteiger charge is -2.11. The van der Waals surface area contributed by atoms with Gasteiger partial charge in [-0.15, -0.1) is 10.2 Å². The number of methoxy groups -OCH3 is 1. The molecule has 0 aliphatic rings. The molecule has 1 heterocycles. The van der Waals surface area contributed by atoms with Crippen LogP contribution in [0.4, 0.5) is 0 Å². The third-order valence-corrected chi connectivity index (χ3v) is 1.62. The molecule has 0 saturated carbocycles. The Morgan fingerprint density at radius 1 is 1.38 bits per heavy atom. The minimum atomic E-state index is -0.0364. The minimum absolute atomic E-state index is 0.0364. The Morgan fingerprint density at radius 2 is 2.08 bits per heavy atom. The van der Waals surface area contributed by atoms with Crippen molar-refractivity contribution < 1.29 is 4.74 Å². The quantitative estimate of drug-likeness (QED) is 0.691. The Labute approximate surface area is 78.1 Å². The molecule has 0 bridgehead atoms. The summed E-state index contributed by atoms with van der Waals surface area (Å²) in [6, 6.07) is 0. The zero-order valence-corrected chi connectivity index (χ0v) is 8.61. The summed E-state index contributed by atoms with van der Waals surface area (Å²) in [5, 5.41) is 12.1. The van der Waals surface area contributed by atoms with Gasteiger partial charge in [0.1, 0.15) is 0 Å². The fourth-order valence-electron chi connectivity index (χ4n) is 0.811. The smallest absolute Gasteiger partial charge is 0.180 e. The molecule has 13 heavy (non-hydrogen) atoms. The highest BCUT2D eigenvalue weighted by Crippen LogP contribution is 2.15. The zero-order chi connectivity index (χ0) is 9.90. The summed E-state index contributed by atoms with van der Waals surface area (Å²) in [4.78, 5) is 1.56. The van der Waals surface area contributed by atoms with Crippen molar-refractivity contribution >= 4 is 0 Å². The minimum Gasteiger partial charge on any atom is -0.383 e. The highest BCUT2D eigenvalue weighted by Gasteiger charge is 2.19. The summed E-state index contributed by atoms with van der Waals surface area (Å²) in [6.45, 7) is 7.44. The van der Waals surface area contributed by atoms with E-state index in [9.17, 15) is 0 Å². The summed E-state index contributed by atoms with van der Waals surface area (Å²) in [5.74, 6) is 0.767. The SMILES string of the molecule is COCCn1nnc(C(C)(C)C)n1. The lowest BCUT2D eigenvalue weighted by Crippen LogP contribution is -2.14. The van der Waals surface area contributed by atoms with Crippen LogP contribution in [-0.4, -0.2) is 33.9 Å². The topological polar surface area (TPSA) is 52.8 Å². The molecule has 0 atom stereocenters. The van der Waals surface area contributed by atoms with E-state index in [1.54, 1.807) is 11.9 Å². The summed E-state index contributed by atoms with van der Waals surface area (Å²) >= 11 is 0. The normalized spacial score (nSPS) is 12.0. The molecule has 1 aromatic rings. The van der Waals surface area contributed by atoms with Crippen molar-refractivity contribution in [2.75, 3.05) is 13.7 Å². The van der Waals surface area contributed by atoms with E-state index >= 15 is 0 Å². The van der Waals surface area contributed by atoms with Gasteiger partial charge in [0.05, 0.1) is 13.2 Å². The first-order valence-corrected chi connectivity index (χ1v) is 4.31. The van der Waals surface area contributed by atoms with E-state index in [0.717, 1.165) is 5.82 Å². The molecule has 5 nitrogen and oxygen atoms in total. The Bertz CT molecular complexity index is 263. The second kappa shape index (κ2) is 3.83. The fraction of sp³-hybridized carbons (Fsp3) is 0.875. The standard InChI is InChI=1S/C8H16N4O/c1-8(2,3)7-9-11-12(10-7)5-6-13-4/h5-6H2,1-4H3. The van der Waals surface area contributed by atoms with E-state index in [-0.39, 0.29) is 5.41 Å². The first-order valence-electron chi connectivity index (χ1n) is 4.31. The molecule has 1 aromatic heterocycles. The Hall–Kier alpha value is -0.970. The molecule has 0 amide bonds. The van der Waals surface area contributed by atoms with Crippen molar-refractivity contribution in [1.82, 2.24) is 20.2 Å². The summed E-state index contributed by atoms with van der Waals surface area (Å²) in [5.41, 5.74) is -0.0364. The lowest BCUT2D eigenvalue weighted by atomic mass is 9.96. The van der Waals surface area contributed by atoms with Gasteiger partial charge < -0.3 is 4.74 Å². The van der Waals surface area contributed by atoms with Crippen LogP contribution in [0.2, 0.25) is 0 Å². The van der Waals surface area contributed by atoms with E-state index in [1.165, 1.54) is 0 Å². The summed E-state index contributed by atoms with van der Waals surface area (Å²) in [7, 11) is 1.65. The molecular formula is C8H16N4O. The Balaban J connectivity index is 2.64.